The van der Waals surface area contributed by atoms with E-state index in [0.717, 1.165) is 24.7 Å². The SMILES string of the molecule is CNCCc1cn2c(nc3c(F)cc(F)cc32)[nH]1. The highest BCUT2D eigenvalue weighted by Gasteiger charge is 2.13. The van der Waals surface area contributed by atoms with E-state index >= 15 is 0 Å². The maximum atomic E-state index is 13.5. The third kappa shape index (κ3) is 1.65. The molecule has 0 aliphatic rings. The normalized spacial score (nSPS) is 11.7. The second-order valence-electron chi connectivity index (χ2n) is 4.19. The number of imidazole rings is 2. The Morgan fingerprint density at radius 3 is 3.00 bits per heavy atom. The number of H-pyrrole nitrogens is 1. The van der Waals surface area contributed by atoms with Gasteiger partial charge in [0.05, 0.1) is 5.52 Å². The number of hydrogen-bond donors (Lipinski definition) is 2. The largest absolute Gasteiger partial charge is 0.327 e. The van der Waals surface area contributed by atoms with Crippen molar-refractivity contribution in [2.75, 3.05) is 13.6 Å². The fraction of sp³-hybridized carbons (Fsp3) is 0.250. The molecule has 0 saturated carbocycles. The molecular weight excluding hydrogens is 238 g/mol. The molecule has 0 aliphatic carbocycles. The summed E-state index contributed by atoms with van der Waals surface area (Å²) in [5.41, 5.74) is 1.59. The topological polar surface area (TPSA) is 45.1 Å². The van der Waals surface area contributed by atoms with Crippen LogP contribution in [0.4, 0.5) is 8.78 Å². The van der Waals surface area contributed by atoms with Crippen molar-refractivity contribution in [3.8, 4) is 0 Å². The summed E-state index contributed by atoms with van der Waals surface area (Å²) in [7, 11) is 1.87. The lowest BCUT2D eigenvalue weighted by molar-refractivity contribution is 0.590. The lowest BCUT2D eigenvalue weighted by atomic mass is 10.3. The van der Waals surface area contributed by atoms with Crippen LogP contribution < -0.4 is 5.32 Å². The first kappa shape index (κ1) is 11.2. The number of benzene rings is 1. The van der Waals surface area contributed by atoms with Gasteiger partial charge in [-0.25, -0.2) is 13.8 Å². The highest BCUT2D eigenvalue weighted by atomic mass is 19.1. The molecule has 0 unspecified atom stereocenters. The van der Waals surface area contributed by atoms with E-state index in [-0.39, 0.29) is 5.52 Å². The predicted octanol–water partition coefficient (Wildman–Crippen LogP) is 1.86. The van der Waals surface area contributed by atoms with Crippen LogP contribution in [0.1, 0.15) is 5.69 Å². The fourth-order valence-electron chi connectivity index (χ4n) is 2.06. The van der Waals surface area contributed by atoms with Crippen LogP contribution in [0.25, 0.3) is 16.8 Å². The van der Waals surface area contributed by atoms with E-state index < -0.39 is 11.6 Å². The number of nitrogens with one attached hydrogen (secondary N) is 2. The van der Waals surface area contributed by atoms with Crippen molar-refractivity contribution in [1.29, 1.82) is 0 Å². The van der Waals surface area contributed by atoms with Gasteiger partial charge in [0.1, 0.15) is 11.3 Å². The van der Waals surface area contributed by atoms with Crippen molar-refractivity contribution in [2.24, 2.45) is 0 Å². The first-order valence-corrected chi connectivity index (χ1v) is 5.68. The number of fused-ring (bicyclic) bond motifs is 3. The van der Waals surface area contributed by atoms with E-state index in [0.29, 0.717) is 11.3 Å². The molecule has 18 heavy (non-hydrogen) atoms. The smallest absolute Gasteiger partial charge is 0.212 e. The minimum absolute atomic E-state index is 0.183. The lowest BCUT2D eigenvalue weighted by Crippen LogP contribution is -2.10. The Balaban J connectivity index is 2.18. The van der Waals surface area contributed by atoms with Crippen LogP contribution in [-0.2, 0) is 6.42 Å². The van der Waals surface area contributed by atoms with E-state index in [2.05, 4.69) is 15.3 Å². The molecule has 4 nitrogen and oxygen atoms in total. The van der Waals surface area contributed by atoms with Crippen LogP contribution >= 0.6 is 0 Å². The molecule has 0 amide bonds. The fourth-order valence-corrected chi connectivity index (χ4v) is 2.06. The highest BCUT2D eigenvalue weighted by Crippen LogP contribution is 2.21. The second-order valence-corrected chi connectivity index (χ2v) is 4.19. The average molecular weight is 250 g/mol. The Labute approximate surface area is 102 Å². The Morgan fingerprint density at radius 2 is 2.22 bits per heavy atom. The Kier molecular flexibility index (Phi) is 2.52. The monoisotopic (exact) mass is 250 g/mol. The molecular formula is C12H12F2N4. The maximum absolute atomic E-state index is 13.5. The summed E-state index contributed by atoms with van der Waals surface area (Å²) in [4.78, 5) is 7.22. The maximum Gasteiger partial charge on any atom is 0.212 e. The van der Waals surface area contributed by atoms with Crippen molar-refractivity contribution in [3.63, 3.8) is 0 Å². The van der Waals surface area contributed by atoms with Gasteiger partial charge in [0.25, 0.3) is 0 Å². The van der Waals surface area contributed by atoms with Gasteiger partial charge in [-0.15, -0.1) is 0 Å². The molecule has 0 fully saturated rings. The van der Waals surface area contributed by atoms with Gasteiger partial charge in [-0.3, -0.25) is 4.40 Å². The van der Waals surface area contributed by atoms with Crippen molar-refractivity contribution >= 4 is 16.8 Å². The second kappa shape index (κ2) is 4.06. The van der Waals surface area contributed by atoms with Crippen LogP contribution in [-0.4, -0.2) is 28.0 Å². The van der Waals surface area contributed by atoms with Gasteiger partial charge in [0.2, 0.25) is 5.78 Å². The third-order valence-electron chi connectivity index (χ3n) is 2.92. The van der Waals surface area contributed by atoms with Crippen molar-refractivity contribution in [2.45, 2.75) is 6.42 Å². The number of nitrogens with zero attached hydrogens (tertiary/aromatic N) is 2. The summed E-state index contributed by atoms with van der Waals surface area (Å²) < 4.78 is 28.4. The summed E-state index contributed by atoms with van der Waals surface area (Å²) in [5, 5.41) is 3.04. The molecule has 2 N–H and O–H groups in total. The molecule has 6 heteroatoms. The Morgan fingerprint density at radius 1 is 1.39 bits per heavy atom. The highest BCUT2D eigenvalue weighted by molar-refractivity contribution is 5.80. The number of likely N-dealkylation sites (N-methyl/N-ethyl adjacent to an activating group) is 1. The van der Waals surface area contributed by atoms with Gasteiger partial charge in [0, 0.05) is 37.0 Å². The van der Waals surface area contributed by atoms with Crippen molar-refractivity contribution < 1.29 is 8.78 Å². The molecule has 0 bridgehead atoms. The first-order valence-electron chi connectivity index (χ1n) is 5.68. The zero-order valence-corrected chi connectivity index (χ0v) is 9.80. The number of rotatable bonds is 3. The average Bonchev–Trinajstić information content (AvgIpc) is 2.85. The number of hydrogen-bond acceptors (Lipinski definition) is 2. The van der Waals surface area contributed by atoms with Crippen LogP contribution in [0.5, 0.6) is 0 Å². The van der Waals surface area contributed by atoms with E-state index in [1.54, 1.807) is 4.40 Å². The predicted molar refractivity (Wildman–Crippen MR) is 64.6 cm³/mol. The molecule has 0 atom stereocenters. The minimum Gasteiger partial charge on any atom is -0.327 e. The van der Waals surface area contributed by atoms with Gasteiger partial charge in [-0.2, -0.15) is 0 Å². The summed E-state index contributed by atoms with van der Waals surface area (Å²) >= 11 is 0. The van der Waals surface area contributed by atoms with Gasteiger partial charge in [0.15, 0.2) is 5.82 Å². The Bertz CT molecular complexity index is 714. The molecule has 3 rings (SSSR count). The van der Waals surface area contributed by atoms with E-state index in [4.69, 9.17) is 0 Å². The molecule has 0 spiro atoms. The van der Waals surface area contributed by atoms with Gasteiger partial charge in [-0.05, 0) is 7.05 Å². The zero-order valence-electron chi connectivity index (χ0n) is 9.80. The van der Waals surface area contributed by atoms with Crippen molar-refractivity contribution in [3.05, 3.63) is 35.7 Å². The lowest BCUT2D eigenvalue weighted by Gasteiger charge is -1.95. The van der Waals surface area contributed by atoms with Crippen LogP contribution in [0.15, 0.2) is 18.3 Å². The number of halogens is 2. The van der Waals surface area contributed by atoms with E-state index in [1.165, 1.54) is 6.07 Å². The molecule has 2 aromatic heterocycles. The first-order chi connectivity index (χ1) is 8.69. The van der Waals surface area contributed by atoms with Crippen LogP contribution in [0.2, 0.25) is 0 Å². The quantitative estimate of drug-likeness (QED) is 0.745. The molecule has 0 saturated heterocycles. The minimum atomic E-state index is -0.640. The summed E-state index contributed by atoms with van der Waals surface area (Å²) in [5.74, 6) is -0.709. The summed E-state index contributed by atoms with van der Waals surface area (Å²) in [6.45, 7) is 0.824. The van der Waals surface area contributed by atoms with Crippen LogP contribution in [0.3, 0.4) is 0 Å². The summed E-state index contributed by atoms with van der Waals surface area (Å²) in [6.07, 6.45) is 2.63. The molecule has 0 radical (unpaired) electrons. The number of aromatic nitrogens is 3. The molecule has 0 aliphatic heterocycles. The van der Waals surface area contributed by atoms with E-state index in [1.807, 2.05) is 13.2 Å². The summed E-state index contributed by atoms with van der Waals surface area (Å²) in [6, 6.07) is 2.13. The molecule has 1 aromatic carbocycles. The van der Waals surface area contributed by atoms with E-state index in [9.17, 15) is 8.78 Å². The van der Waals surface area contributed by atoms with Gasteiger partial charge in [-0.1, -0.05) is 0 Å². The molecule has 94 valence electrons. The van der Waals surface area contributed by atoms with Gasteiger partial charge >= 0.3 is 0 Å². The third-order valence-corrected chi connectivity index (χ3v) is 2.92. The standard InChI is InChI=1S/C12H12F2N4/c1-15-3-2-8-6-18-10-5-7(13)4-9(14)11(10)17-12(18)16-8/h4-6,15H,2-3H2,1H3,(H,16,17). The molecule has 3 aromatic rings. The van der Waals surface area contributed by atoms with Crippen molar-refractivity contribution in [1.82, 2.24) is 19.7 Å². The Hall–Kier alpha value is -1.95. The molecule has 2 heterocycles. The van der Waals surface area contributed by atoms with Crippen LogP contribution in [0, 0.1) is 11.6 Å². The zero-order chi connectivity index (χ0) is 12.7. The number of aromatic amines is 1. The van der Waals surface area contributed by atoms with Gasteiger partial charge < -0.3 is 10.3 Å².